The molecule has 1 N–H and O–H groups in total. The van der Waals surface area contributed by atoms with Crippen molar-refractivity contribution in [3.8, 4) is 11.1 Å². The first-order chi connectivity index (χ1) is 17.7. The number of ether oxygens (including phenoxy) is 4. The van der Waals surface area contributed by atoms with Crippen molar-refractivity contribution < 1.29 is 28.5 Å². The maximum absolute atomic E-state index is 12.2. The van der Waals surface area contributed by atoms with Crippen LogP contribution >= 0.6 is 0 Å². The van der Waals surface area contributed by atoms with Crippen LogP contribution in [0.5, 0.6) is 0 Å². The minimum Gasteiger partial charge on any atom is -0.463 e. The van der Waals surface area contributed by atoms with E-state index in [-0.39, 0.29) is 31.0 Å². The molecule has 0 fully saturated rings. The van der Waals surface area contributed by atoms with Crippen LogP contribution in [-0.2, 0) is 23.7 Å². The summed E-state index contributed by atoms with van der Waals surface area (Å²) in [6.45, 7) is 6.52. The molecule has 1 amide bonds. The quantitative estimate of drug-likeness (QED) is 0.250. The molecule has 7 heteroatoms. The zero-order valence-corrected chi connectivity index (χ0v) is 21.5. The van der Waals surface area contributed by atoms with Crippen LogP contribution in [0.3, 0.4) is 0 Å². The molecule has 2 aromatic carbocycles. The molecule has 0 saturated carbocycles. The van der Waals surface area contributed by atoms with Crippen LogP contribution in [0.2, 0.25) is 0 Å². The van der Waals surface area contributed by atoms with E-state index in [4.69, 9.17) is 18.9 Å². The summed E-state index contributed by atoms with van der Waals surface area (Å²) in [5, 5.41) is 2.72. The van der Waals surface area contributed by atoms with Crippen molar-refractivity contribution in [1.29, 1.82) is 0 Å². The van der Waals surface area contributed by atoms with Gasteiger partial charge in [-0.2, -0.15) is 0 Å². The number of fused-ring (bicyclic) bond motifs is 3. The molecule has 0 spiro atoms. The molecule has 1 aliphatic rings. The highest BCUT2D eigenvalue weighted by atomic mass is 16.6. The first-order valence-electron chi connectivity index (χ1n) is 13.1. The molecule has 1 atom stereocenters. The number of hydrogen-bond acceptors (Lipinski definition) is 6. The number of nitrogens with one attached hydrogen (secondary N) is 1. The summed E-state index contributed by atoms with van der Waals surface area (Å²) >= 11 is 0. The number of hydrogen-bond donors (Lipinski definition) is 1. The molecule has 1 aliphatic carbocycles. The van der Waals surface area contributed by atoms with Gasteiger partial charge in [-0.1, -0.05) is 75.2 Å². The number of amides is 1. The van der Waals surface area contributed by atoms with Crippen LogP contribution in [0, 0.1) is 5.92 Å². The zero-order chi connectivity index (χ0) is 25.6. The number of unbranched alkanes of at least 4 members (excludes halogenated alkanes) is 1. The number of rotatable bonds is 16. The molecule has 0 aromatic heterocycles. The molecule has 0 bridgehead atoms. The molecular weight excluding hydrogens is 458 g/mol. The van der Waals surface area contributed by atoms with Crippen LogP contribution in [0.1, 0.15) is 56.6 Å². The highest BCUT2D eigenvalue weighted by molar-refractivity contribution is 5.79. The first-order valence-corrected chi connectivity index (χ1v) is 13.1. The van der Waals surface area contributed by atoms with E-state index in [0.717, 1.165) is 25.7 Å². The van der Waals surface area contributed by atoms with Crippen molar-refractivity contribution >= 4 is 12.1 Å². The summed E-state index contributed by atoms with van der Waals surface area (Å²) in [4.78, 5) is 24.2. The van der Waals surface area contributed by atoms with E-state index in [1.54, 1.807) is 0 Å². The fraction of sp³-hybridized carbons (Fsp3) is 0.517. The van der Waals surface area contributed by atoms with Crippen molar-refractivity contribution in [2.45, 2.75) is 45.4 Å². The van der Waals surface area contributed by atoms with Crippen LogP contribution in [-0.4, -0.2) is 58.2 Å². The highest BCUT2D eigenvalue weighted by Crippen LogP contribution is 2.44. The molecule has 7 nitrogen and oxygen atoms in total. The van der Waals surface area contributed by atoms with Gasteiger partial charge in [0.15, 0.2) is 0 Å². The van der Waals surface area contributed by atoms with Gasteiger partial charge < -0.3 is 24.3 Å². The third-order valence-electron chi connectivity index (χ3n) is 6.44. The fourth-order valence-electron chi connectivity index (χ4n) is 4.45. The van der Waals surface area contributed by atoms with Crippen molar-refractivity contribution in [2.75, 3.05) is 46.2 Å². The highest BCUT2D eigenvalue weighted by Gasteiger charge is 2.28. The number of carbonyl (C=O) groups is 2. The average molecular weight is 498 g/mol. The van der Waals surface area contributed by atoms with Crippen LogP contribution in [0.15, 0.2) is 48.5 Å². The van der Waals surface area contributed by atoms with Crippen molar-refractivity contribution in [3.05, 3.63) is 59.7 Å². The van der Waals surface area contributed by atoms with Crippen molar-refractivity contribution in [2.24, 2.45) is 5.92 Å². The molecular formula is C29H39NO6. The zero-order valence-electron chi connectivity index (χ0n) is 21.5. The Morgan fingerprint density at radius 1 is 0.833 bits per heavy atom. The Kier molecular flexibility index (Phi) is 11.7. The van der Waals surface area contributed by atoms with E-state index in [0.29, 0.717) is 33.0 Å². The molecule has 3 rings (SSSR count). The van der Waals surface area contributed by atoms with Crippen molar-refractivity contribution in [1.82, 2.24) is 5.32 Å². The summed E-state index contributed by atoms with van der Waals surface area (Å²) in [7, 11) is 0. The van der Waals surface area contributed by atoms with Crippen molar-refractivity contribution in [3.63, 3.8) is 0 Å². The summed E-state index contributed by atoms with van der Waals surface area (Å²) < 4.78 is 21.7. The second kappa shape index (κ2) is 15.3. The predicted octanol–water partition coefficient (Wildman–Crippen LogP) is 5.32. The smallest absolute Gasteiger partial charge is 0.407 e. The van der Waals surface area contributed by atoms with E-state index in [1.807, 2.05) is 31.2 Å². The lowest BCUT2D eigenvalue weighted by atomic mass is 9.98. The van der Waals surface area contributed by atoms with Crippen LogP contribution in [0.25, 0.3) is 11.1 Å². The SMILES string of the molecule is CCCCC(CC)C(=O)OCCOCCOCCNC(=O)OCC1c2ccccc2-c2ccccc21. The van der Waals surface area contributed by atoms with Gasteiger partial charge in [0.2, 0.25) is 0 Å². The maximum atomic E-state index is 12.2. The second-order valence-electron chi connectivity index (χ2n) is 8.89. The Morgan fingerprint density at radius 2 is 1.44 bits per heavy atom. The molecule has 0 saturated heterocycles. The van der Waals surface area contributed by atoms with E-state index >= 15 is 0 Å². The Bertz CT molecular complexity index is 917. The summed E-state index contributed by atoms with van der Waals surface area (Å²) in [5.41, 5.74) is 4.78. The molecule has 0 radical (unpaired) electrons. The maximum Gasteiger partial charge on any atom is 0.407 e. The molecule has 1 unspecified atom stereocenters. The third kappa shape index (κ3) is 8.07. The molecule has 0 heterocycles. The van der Waals surface area contributed by atoms with Gasteiger partial charge in [0.1, 0.15) is 13.2 Å². The fourth-order valence-corrected chi connectivity index (χ4v) is 4.45. The van der Waals surface area contributed by atoms with Gasteiger partial charge >= 0.3 is 12.1 Å². The van der Waals surface area contributed by atoms with E-state index in [2.05, 4.69) is 36.5 Å². The lowest BCUT2D eigenvalue weighted by Crippen LogP contribution is -2.29. The second-order valence-corrected chi connectivity index (χ2v) is 8.89. The lowest BCUT2D eigenvalue weighted by Gasteiger charge is -2.14. The first kappa shape index (κ1) is 27.7. The largest absolute Gasteiger partial charge is 0.463 e. The lowest BCUT2D eigenvalue weighted by molar-refractivity contribution is -0.150. The Balaban J connectivity index is 1.22. The van der Waals surface area contributed by atoms with Crippen LogP contribution < -0.4 is 5.32 Å². The third-order valence-corrected chi connectivity index (χ3v) is 6.44. The van der Waals surface area contributed by atoms with Gasteiger partial charge in [0.25, 0.3) is 0 Å². The predicted molar refractivity (Wildman–Crippen MR) is 139 cm³/mol. The topological polar surface area (TPSA) is 83.1 Å². The van der Waals surface area contributed by atoms with Gasteiger partial charge in [-0.25, -0.2) is 4.79 Å². The number of carbonyl (C=O) groups excluding carboxylic acids is 2. The Hall–Kier alpha value is -2.90. The van der Waals surface area contributed by atoms with E-state index < -0.39 is 6.09 Å². The number of esters is 1. The van der Waals surface area contributed by atoms with Gasteiger partial charge in [-0.15, -0.1) is 0 Å². The monoisotopic (exact) mass is 497 g/mol. The molecule has 196 valence electrons. The van der Waals surface area contributed by atoms with Gasteiger partial charge in [-0.05, 0) is 35.1 Å². The Labute approximate surface area is 214 Å². The standard InChI is InChI=1S/C29H39NO6/c1-3-5-10-22(4-2)28(31)35-20-19-34-18-17-33-16-15-30-29(32)36-21-27-25-13-8-6-11-23(25)24-12-7-9-14-26(24)27/h6-9,11-14,22,27H,3-5,10,15-21H2,1-2H3,(H,30,32). The van der Waals surface area contributed by atoms with E-state index in [9.17, 15) is 9.59 Å². The Morgan fingerprint density at radius 3 is 2.08 bits per heavy atom. The normalized spacial score (nSPS) is 13.1. The summed E-state index contributed by atoms with van der Waals surface area (Å²) in [5.74, 6) is -0.109. The van der Waals surface area contributed by atoms with Gasteiger partial charge in [0.05, 0.1) is 32.3 Å². The van der Waals surface area contributed by atoms with E-state index in [1.165, 1.54) is 22.3 Å². The molecule has 2 aromatic rings. The number of alkyl carbamates (subject to hydrolysis) is 1. The average Bonchev–Trinajstić information content (AvgIpc) is 3.22. The molecule has 0 aliphatic heterocycles. The van der Waals surface area contributed by atoms with Crippen LogP contribution in [0.4, 0.5) is 4.79 Å². The number of benzene rings is 2. The minimum absolute atomic E-state index is 0.0164. The van der Waals surface area contributed by atoms with Gasteiger partial charge in [-0.3, -0.25) is 4.79 Å². The summed E-state index contributed by atoms with van der Waals surface area (Å²) in [6.07, 6.45) is 3.34. The van der Waals surface area contributed by atoms with Gasteiger partial charge in [0, 0.05) is 12.5 Å². The minimum atomic E-state index is -0.456. The summed E-state index contributed by atoms with van der Waals surface area (Å²) in [6, 6.07) is 16.5. The molecule has 36 heavy (non-hydrogen) atoms.